The van der Waals surface area contributed by atoms with E-state index in [1.807, 2.05) is 6.92 Å². The molecule has 0 saturated heterocycles. The van der Waals surface area contributed by atoms with Crippen LogP contribution in [-0.2, 0) is 0 Å². The molecule has 0 aliphatic rings. The number of nitrogens with one attached hydrogen (secondary N) is 1. The molecule has 0 saturated carbocycles. The minimum absolute atomic E-state index is 0.186. The standard InChI is InChI=1S/C15H26N2O/c1-5-13(18)10-11-16-12(2)14-8-6-7-9-15(14)17(3)4/h6-9,12-13,16,18H,5,10-11H2,1-4H3. The molecular weight excluding hydrogens is 224 g/mol. The van der Waals surface area contributed by atoms with Gasteiger partial charge >= 0.3 is 0 Å². The van der Waals surface area contributed by atoms with Gasteiger partial charge in [-0.25, -0.2) is 0 Å². The van der Waals surface area contributed by atoms with Crippen molar-refractivity contribution in [3.63, 3.8) is 0 Å². The molecule has 102 valence electrons. The predicted octanol–water partition coefficient (Wildman–Crippen LogP) is 2.56. The summed E-state index contributed by atoms with van der Waals surface area (Å²) in [6.07, 6.45) is 1.45. The van der Waals surface area contributed by atoms with E-state index < -0.39 is 0 Å². The van der Waals surface area contributed by atoms with E-state index >= 15 is 0 Å². The summed E-state index contributed by atoms with van der Waals surface area (Å²) in [6, 6.07) is 8.72. The summed E-state index contributed by atoms with van der Waals surface area (Å²) in [5.74, 6) is 0. The van der Waals surface area contributed by atoms with Crippen molar-refractivity contribution in [1.82, 2.24) is 5.32 Å². The van der Waals surface area contributed by atoms with Gasteiger partial charge in [-0.15, -0.1) is 0 Å². The van der Waals surface area contributed by atoms with E-state index in [9.17, 15) is 5.11 Å². The summed E-state index contributed by atoms with van der Waals surface area (Å²) in [6.45, 7) is 5.02. The number of benzene rings is 1. The average molecular weight is 250 g/mol. The molecule has 0 spiro atoms. The Hall–Kier alpha value is -1.06. The van der Waals surface area contributed by atoms with Gasteiger partial charge in [-0.2, -0.15) is 0 Å². The number of rotatable bonds is 7. The van der Waals surface area contributed by atoms with Gasteiger partial charge in [-0.3, -0.25) is 0 Å². The largest absolute Gasteiger partial charge is 0.393 e. The fraction of sp³-hybridized carbons (Fsp3) is 0.600. The molecular formula is C15H26N2O. The Kier molecular flexibility index (Phi) is 6.16. The maximum atomic E-state index is 9.54. The van der Waals surface area contributed by atoms with Crippen LogP contribution in [0.5, 0.6) is 0 Å². The SMILES string of the molecule is CCC(O)CCNC(C)c1ccccc1N(C)C. The molecule has 0 fully saturated rings. The lowest BCUT2D eigenvalue weighted by atomic mass is 10.1. The molecule has 0 radical (unpaired) electrons. The molecule has 1 aromatic carbocycles. The number of para-hydroxylation sites is 1. The van der Waals surface area contributed by atoms with E-state index in [1.54, 1.807) is 0 Å². The third kappa shape index (κ3) is 4.31. The topological polar surface area (TPSA) is 35.5 Å². The Morgan fingerprint density at radius 1 is 1.28 bits per heavy atom. The van der Waals surface area contributed by atoms with Crippen molar-refractivity contribution in [2.75, 3.05) is 25.5 Å². The second-order valence-corrected chi connectivity index (χ2v) is 4.98. The Bertz CT molecular complexity index is 352. The highest BCUT2D eigenvalue weighted by molar-refractivity contribution is 5.53. The van der Waals surface area contributed by atoms with E-state index in [0.29, 0.717) is 6.04 Å². The van der Waals surface area contributed by atoms with Gasteiger partial charge in [0.15, 0.2) is 0 Å². The van der Waals surface area contributed by atoms with Crippen molar-refractivity contribution in [2.45, 2.75) is 38.8 Å². The maximum Gasteiger partial charge on any atom is 0.0549 e. The van der Waals surface area contributed by atoms with Gasteiger partial charge in [-0.1, -0.05) is 25.1 Å². The van der Waals surface area contributed by atoms with Crippen molar-refractivity contribution < 1.29 is 5.11 Å². The maximum absolute atomic E-state index is 9.54. The molecule has 1 aromatic rings. The van der Waals surface area contributed by atoms with Gasteiger partial charge in [0, 0.05) is 25.8 Å². The number of aliphatic hydroxyl groups excluding tert-OH is 1. The van der Waals surface area contributed by atoms with Crippen LogP contribution in [0.1, 0.15) is 38.3 Å². The normalized spacial score (nSPS) is 14.3. The van der Waals surface area contributed by atoms with E-state index in [-0.39, 0.29) is 6.10 Å². The van der Waals surface area contributed by atoms with Crippen LogP contribution in [0.15, 0.2) is 24.3 Å². The third-order valence-electron chi connectivity index (χ3n) is 3.28. The summed E-state index contributed by atoms with van der Waals surface area (Å²) in [4.78, 5) is 2.13. The number of hydrogen-bond donors (Lipinski definition) is 2. The summed E-state index contributed by atoms with van der Waals surface area (Å²) in [5, 5.41) is 13.0. The van der Waals surface area contributed by atoms with E-state index in [1.165, 1.54) is 11.3 Å². The minimum Gasteiger partial charge on any atom is -0.393 e. The van der Waals surface area contributed by atoms with Crippen LogP contribution < -0.4 is 10.2 Å². The lowest BCUT2D eigenvalue weighted by Gasteiger charge is -2.22. The molecule has 3 nitrogen and oxygen atoms in total. The summed E-state index contributed by atoms with van der Waals surface area (Å²) in [7, 11) is 4.12. The van der Waals surface area contributed by atoms with Crippen LogP contribution >= 0.6 is 0 Å². The molecule has 2 N–H and O–H groups in total. The number of anilines is 1. The van der Waals surface area contributed by atoms with Crippen LogP contribution in [0.2, 0.25) is 0 Å². The first-order chi connectivity index (χ1) is 8.56. The zero-order valence-electron chi connectivity index (χ0n) is 12.0. The molecule has 0 heterocycles. The number of nitrogens with zero attached hydrogens (tertiary/aromatic N) is 1. The quantitative estimate of drug-likeness (QED) is 0.780. The lowest BCUT2D eigenvalue weighted by Crippen LogP contribution is -2.25. The van der Waals surface area contributed by atoms with Gasteiger partial charge in [0.1, 0.15) is 0 Å². The lowest BCUT2D eigenvalue weighted by molar-refractivity contribution is 0.159. The molecule has 0 aliphatic heterocycles. The second-order valence-electron chi connectivity index (χ2n) is 4.98. The van der Waals surface area contributed by atoms with Crippen molar-refractivity contribution in [1.29, 1.82) is 0 Å². The first kappa shape index (κ1) is 15.0. The highest BCUT2D eigenvalue weighted by Gasteiger charge is 2.11. The third-order valence-corrected chi connectivity index (χ3v) is 3.28. The molecule has 2 atom stereocenters. The fourth-order valence-corrected chi connectivity index (χ4v) is 2.04. The van der Waals surface area contributed by atoms with Crippen molar-refractivity contribution in [3.8, 4) is 0 Å². The highest BCUT2D eigenvalue weighted by Crippen LogP contribution is 2.24. The first-order valence-electron chi connectivity index (χ1n) is 6.74. The van der Waals surface area contributed by atoms with Crippen LogP contribution in [0, 0.1) is 0 Å². The van der Waals surface area contributed by atoms with E-state index in [0.717, 1.165) is 19.4 Å². The summed E-state index contributed by atoms with van der Waals surface area (Å²) < 4.78 is 0. The molecule has 2 unspecified atom stereocenters. The monoisotopic (exact) mass is 250 g/mol. The smallest absolute Gasteiger partial charge is 0.0549 e. The molecule has 0 aromatic heterocycles. The van der Waals surface area contributed by atoms with Crippen molar-refractivity contribution in [3.05, 3.63) is 29.8 Å². The van der Waals surface area contributed by atoms with Gasteiger partial charge in [0.2, 0.25) is 0 Å². The molecule has 3 heteroatoms. The molecule has 18 heavy (non-hydrogen) atoms. The summed E-state index contributed by atoms with van der Waals surface area (Å²) >= 11 is 0. The first-order valence-corrected chi connectivity index (χ1v) is 6.74. The zero-order chi connectivity index (χ0) is 13.5. The molecule has 0 aliphatic carbocycles. The number of aliphatic hydroxyl groups is 1. The van der Waals surface area contributed by atoms with Crippen LogP contribution in [0.3, 0.4) is 0 Å². The number of hydrogen-bond acceptors (Lipinski definition) is 3. The van der Waals surface area contributed by atoms with Gasteiger partial charge in [0.05, 0.1) is 6.10 Å². The highest BCUT2D eigenvalue weighted by atomic mass is 16.3. The fourth-order valence-electron chi connectivity index (χ4n) is 2.04. The minimum atomic E-state index is -0.186. The molecule has 1 rings (SSSR count). The van der Waals surface area contributed by atoms with E-state index in [2.05, 4.69) is 55.5 Å². The Balaban J connectivity index is 2.58. The van der Waals surface area contributed by atoms with Gasteiger partial charge in [0.25, 0.3) is 0 Å². The Morgan fingerprint density at radius 2 is 1.94 bits per heavy atom. The van der Waals surface area contributed by atoms with Crippen molar-refractivity contribution in [2.24, 2.45) is 0 Å². The summed E-state index contributed by atoms with van der Waals surface area (Å²) in [5.41, 5.74) is 2.54. The Morgan fingerprint density at radius 3 is 2.56 bits per heavy atom. The van der Waals surface area contributed by atoms with Crippen LogP contribution in [0.25, 0.3) is 0 Å². The predicted molar refractivity (Wildman–Crippen MR) is 78.1 cm³/mol. The zero-order valence-corrected chi connectivity index (χ0v) is 12.0. The second kappa shape index (κ2) is 7.39. The molecule has 0 amide bonds. The van der Waals surface area contributed by atoms with E-state index in [4.69, 9.17) is 0 Å². The average Bonchev–Trinajstić information content (AvgIpc) is 2.38. The van der Waals surface area contributed by atoms with Gasteiger partial charge in [-0.05, 0) is 37.9 Å². The molecule has 0 bridgehead atoms. The van der Waals surface area contributed by atoms with Crippen LogP contribution in [0.4, 0.5) is 5.69 Å². The Labute approximate surface area is 111 Å². The van der Waals surface area contributed by atoms with Crippen LogP contribution in [-0.4, -0.2) is 31.9 Å². The van der Waals surface area contributed by atoms with Crippen molar-refractivity contribution >= 4 is 5.69 Å². The van der Waals surface area contributed by atoms with Gasteiger partial charge < -0.3 is 15.3 Å².